The smallest absolute Gasteiger partial charge is 0.339 e. The van der Waals surface area contributed by atoms with Gasteiger partial charge in [0.2, 0.25) is 0 Å². The molecule has 0 fully saturated rings. The van der Waals surface area contributed by atoms with Crippen molar-refractivity contribution >= 4 is 23.3 Å². The number of rotatable bonds is 4. The van der Waals surface area contributed by atoms with Gasteiger partial charge in [0, 0.05) is 11.1 Å². The standard InChI is InChI=1S/C16H16ClNO3/c1-10(11-3-6-13(19)7-4-11)18-15-9-12(17)5-8-14(15)16(20)21-2/h3-10,18-19H,1-2H3. The van der Waals surface area contributed by atoms with Gasteiger partial charge >= 0.3 is 5.97 Å². The Bertz CT molecular complexity index is 640. The van der Waals surface area contributed by atoms with Gasteiger partial charge in [-0.2, -0.15) is 0 Å². The van der Waals surface area contributed by atoms with E-state index < -0.39 is 5.97 Å². The highest BCUT2D eigenvalue weighted by atomic mass is 35.5. The number of aromatic hydroxyl groups is 1. The van der Waals surface area contributed by atoms with E-state index in [9.17, 15) is 9.90 Å². The van der Waals surface area contributed by atoms with Crippen LogP contribution in [0.25, 0.3) is 0 Å². The number of esters is 1. The van der Waals surface area contributed by atoms with E-state index in [1.165, 1.54) is 7.11 Å². The molecule has 0 aromatic heterocycles. The van der Waals surface area contributed by atoms with Gasteiger partial charge in [-0.25, -0.2) is 4.79 Å². The monoisotopic (exact) mass is 305 g/mol. The molecule has 0 aliphatic heterocycles. The van der Waals surface area contributed by atoms with E-state index in [0.29, 0.717) is 16.3 Å². The number of carbonyl (C=O) groups excluding carboxylic acids is 1. The van der Waals surface area contributed by atoms with Crippen molar-refractivity contribution in [3.05, 3.63) is 58.6 Å². The Hall–Kier alpha value is -2.20. The third-order valence-electron chi connectivity index (χ3n) is 3.15. The molecule has 0 saturated carbocycles. The minimum Gasteiger partial charge on any atom is -0.508 e. The molecule has 21 heavy (non-hydrogen) atoms. The maximum atomic E-state index is 11.8. The molecule has 2 N–H and O–H groups in total. The molecule has 0 radical (unpaired) electrons. The van der Waals surface area contributed by atoms with Crippen molar-refractivity contribution in [2.45, 2.75) is 13.0 Å². The molecule has 1 unspecified atom stereocenters. The van der Waals surface area contributed by atoms with Crippen LogP contribution in [0.15, 0.2) is 42.5 Å². The van der Waals surface area contributed by atoms with Gasteiger partial charge < -0.3 is 15.2 Å². The molecule has 0 aliphatic carbocycles. The van der Waals surface area contributed by atoms with Crippen LogP contribution in [-0.4, -0.2) is 18.2 Å². The van der Waals surface area contributed by atoms with Crippen molar-refractivity contribution < 1.29 is 14.6 Å². The van der Waals surface area contributed by atoms with Gasteiger partial charge in [-0.05, 0) is 42.8 Å². The lowest BCUT2D eigenvalue weighted by Crippen LogP contribution is -2.11. The molecule has 0 saturated heterocycles. The van der Waals surface area contributed by atoms with E-state index in [1.54, 1.807) is 30.3 Å². The second kappa shape index (κ2) is 6.50. The SMILES string of the molecule is COC(=O)c1ccc(Cl)cc1NC(C)c1ccc(O)cc1. The van der Waals surface area contributed by atoms with E-state index in [1.807, 2.05) is 19.1 Å². The van der Waals surface area contributed by atoms with E-state index in [-0.39, 0.29) is 11.8 Å². The largest absolute Gasteiger partial charge is 0.508 e. The molecule has 4 nitrogen and oxygen atoms in total. The molecule has 2 aromatic carbocycles. The Labute approximate surface area is 128 Å². The molecule has 110 valence electrons. The van der Waals surface area contributed by atoms with Crippen LogP contribution < -0.4 is 5.32 Å². The van der Waals surface area contributed by atoms with Crippen molar-refractivity contribution in [3.63, 3.8) is 0 Å². The minimum atomic E-state index is -0.424. The number of nitrogens with one attached hydrogen (secondary N) is 1. The summed E-state index contributed by atoms with van der Waals surface area (Å²) in [4.78, 5) is 11.8. The molecule has 0 aliphatic rings. The van der Waals surface area contributed by atoms with Crippen molar-refractivity contribution in [1.29, 1.82) is 0 Å². The first-order valence-electron chi connectivity index (χ1n) is 6.44. The lowest BCUT2D eigenvalue weighted by molar-refractivity contribution is 0.0602. The van der Waals surface area contributed by atoms with Crippen molar-refractivity contribution in [3.8, 4) is 5.75 Å². The summed E-state index contributed by atoms with van der Waals surface area (Å²) in [6.45, 7) is 1.95. The number of benzene rings is 2. The highest BCUT2D eigenvalue weighted by molar-refractivity contribution is 6.31. The van der Waals surface area contributed by atoms with Crippen LogP contribution in [0.3, 0.4) is 0 Å². The zero-order valence-electron chi connectivity index (χ0n) is 11.8. The Morgan fingerprint density at radius 2 is 1.90 bits per heavy atom. The van der Waals surface area contributed by atoms with Crippen molar-refractivity contribution in [2.24, 2.45) is 0 Å². The fourth-order valence-corrected chi connectivity index (χ4v) is 2.18. The lowest BCUT2D eigenvalue weighted by Gasteiger charge is -2.18. The van der Waals surface area contributed by atoms with Gasteiger partial charge in [-0.3, -0.25) is 0 Å². The van der Waals surface area contributed by atoms with Gasteiger partial charge in [-0.1, -0.05) is 23.7 Å². The van der Waals surface area contributed by atoms with Crippen LogP contribution in [0.2, 0.25) is 5.02 Å². The molecular weight excluding hydrogens is 290 g/mol. The first kappa shape index (κ1) is 15.2. The Morgan fingerprint density at radius 1 is 1.24 bits per heavy atom. The second-order valence-electron chi connectivity index (χ2n) is 4.64. The third-order valence-corrected chi connectivity index (χ3v) is 3.39. The fraction of sp³-hybridized carbons (Fsp3) is 0.188. The predicted octanol–water partition coefficient (Wildman–Crippen LogP) is 4.01. The van der Waals surface area contributed by atoms with Gasteiger partial charge in [0.15, 0.2) is 0 Å². The minimum absolute atomic E-state index is 0.0625. The summed E-state index contributed by atoms with van der Waals surface area (Å²) in [5, 5.41) is 13.1. The highest BCUT2D eigenvalue weighted by Crippen LogP contribution is 2.27. The van der Waals surface area contributed by atoms with Gasteiger partial charge in [-0.15, -0.1) is 0 Å². The summed E-state index contributed by atoms with van der Waals surface area (Å²) >= 11 is 5.99. The maximum absolute atomic E-state index is 11.8. The molecule has 0 amide bonds. The van der Waals surface area contributed by atoms with E-state index in [0.717, 1.165) is 5.56 Å². The number of ether oxygens (including phenoxy) is 1. The number of halogens is 1. The molecule has 2 aromatic rings. The molecular formula is C16H16ClNO3. The zero-order chi connectivity index (χ0) is 15.4. The molecule has 1 atom stereocenters. The summed E-state index contributed by atoms with van der Waals surface area (Å²) in [7, 11) is 1.34. The average molecular weight is 306 g/mol. The van der Waals surface area contributed by atoms with Gasteiger partial charge in [0.25, 0.3) is 0 Å². The van der Waals surface area contributed by atoms with Gasteiger partial charge in [0.05, 0.1) is 18.4 Å². The third kappa shape index (κ3) is 3.67. The molecule has 0 spiro atoms. The lowest BCUT2D eigenvalue weighted by atomic mass is 10.1. The summed E-state index contributed by atoms with van der Waals surface area (Å²) in [6, 6.07) is 11.8. The zero-order valence-corrected chi connectivity index (χ0v) is 12.5. The van der Waals surface area contributed by atoms with Crippen molar-refractivity contribution in [1.82, 2.24) is 0 Å². The van der Waals surface area contributed by atoms with Crippen LogP contribution in [0, 0.1) is 0 Å². The van der Waals surface area contributed by atoms with Gasteiger partial charge in [0.1, 0.15) is 5.75 Å². The number of anilines is 1. The predicted molar refractivity (Wildman–Crippen MR) is 82.9 cm³/mol. The normalized spacial score (nSPS) is 11.8. The number of carbonyl (C=O) groups is 1. The van der Waals surface area contributed by atoms with Crippen LogP contribution in [-0.2, 0) is 4.74 Å². The number of methoxy groups -OCH3 is 1. The highest BCUT2D eigenvalue weighted by Gasteiger charge is 2.14. The van der Waals surface area contributed by atoms with Crippen LogP contribution in [0.4, 0.5) is 5.69 Å². The summed E-state index contributed by atoms with van der Waals surface area (Å²) < 4.78 is 4.76. The first-order valence-corrected chi connectivity index (χ1v) is 6.82. The average Bonchev–Trinajstić information content (AvgIpc) is 2.47. The van der Waals surface area contributed by atoms with Crippen LogP contribution in [0.5, 0.6) is 5.75 Å². The van der Waals surface area contributed by atoms with Crippen molar-refractivity contribution in [2.75, 3.05) is 12.4 Å². The first-order chi connectivity index (χ1) is 10.0. The maximum Gasteiger partial charge on any atom is 0.339 e. The fourth-order valence-electron chi connectivity index (χ4n) is 2.00. The Morgan fingerprint density at radius 3 is 2.52 bits per heavy atom. The number of hydrogen-bond donors (Lipinski definition) is 2. The van der Waals surface area contributed by atoms with E-state index >= 15 is 0 Å². The van der Waals surface area contributed by atoms with Crippen LogP contribution >= 0.6 is 11.6 Å². The number of phenolic OH excluding ortho intramolecular Hbond substituents is 1. The second-order valence-corrected chi connectivity index (χ2v) is 5.08. The summed E-state index contributed by atoms with van der Waals surface area (Å²) in [5.41, 5.74) is 2.01. The molecule has 2 rings (SSSR count). The Kier molecular flexibility index (Phi) is 4.70. The molecule has 5 heteroatoms. The Balaban J connectivity index is 2.27. The number of hydrogen-bond acceptors (Lipinski definition) is 4. The van der Waals surface area contributed by atoms with E-state index in [2.05, 4.69) is 5.32 Å². The summed E-state index contributed by atoms with van der Waals surface area (Å²) in [6.07, 6.45) is 0. The quantitative estimate of drug-likeness (QED) is 0.838. The molecule has 0 bridgehead atoms. The van der Waals surface area contributed by atoms with E-state index in [4.69, 9.17) is 16.3 Å². The van der Waals surface area contributed by atoms with Crippen LogP contribution in [0.1, 0.15) is 28.9 Å². The number of phenols is 1. The molecule has 0 heterocycles. The summed E-state index contributed by atoms with van der Waals surface area (Å²) in [5.74, 6) is -0.212. The topological polar surface area (TPSA) is 58.6 Å².